The van der Waals surface area contributed by atoms with Crippen LogP contribution in [0.3, 0.4) is 0 Å². The standard InChI is InChI=1S/C12H19BrN2O4S/c1-4-8(5-2)7(3)15-12(16)9-6-10(11(13)19-9)20(14,17)18/h6-8H,4-5H2,1-3H3,(H,15,16)(H2,14,17,18). The normalized spacial score (nSPS) is 13.5. The Balaban J connectivity index is 2.89. The van der Waals surface area contributed by atoms with Gasteiger partial charge in [-0.1, -0.05) is 26.7 Å². The van der Waals surface area contributed by atoms with Crippen molar-refractivity contribution in [3.05, 3.63) is 16.5 Å². The van der Waals surface area contributed by atoms with Crippen molar-refractivity contribution in [2.45, 2.75) is 44.6 Å². The van der Waals surface area contributed by atoms with E-state index in [-0.39, 0.29) is 21.4 Å². The lowest BCUT2D eigenvalue weighted by Crippen LogP contribution is -2.37. The van der Waals surface area contributed by atoms with Crippen molar-refractivity contribution in [1.82, 2.24) is 5.32 Å². The molecule has 0 aromatic carbocycles. The molecule has 0 bridgehead atoms. The molecule has 0 saturated carbocycles. The van der Waals surface area contributed by atoms with Crippen LogP contribution in [0.15, 0.2) is 20.0 Å². The Morgan fingerprint density at radius 1 is 1.45 bits per heavy atom. The average Bonchev–Trinajstić information content (AvgIpc) is 2.72. The Morgan fingerprint density at radius 3 is 2.40 bits per heavy atom. The second-order valence-corrected chi connectivity index (χ2v) is 6.88. The van der Waals surface area contributed by atoms with Gasteiger partial charge in [-0.15, -0.1) is 0 Å². The first-order valence-corrected chi connectivity index (χ1v) is 8.67. The summed E-state index contributed by atoms with van der Waals surface area (Å²) in [4.78, 5) is 11.8. The molecule has 0 fully saturated rings. The van der Waals surface area contributed by atoms with E-state index >= 15 is 0 Å². The zero-order valence-electron chi connectivity index (χ0n) is 11.6. The van der Waals surface area contributed by atoms with E-state index in [1.54, 1.807) is 0 Å². The largest absolute Gasteiger partial charge is 0.443 e. The second kappa shape index (κ2) is 6.73. The Kier molecular flexibility index (Phi) is 5.79. The predicted octanol–water partition coefficient (Wildman–Crippen LogP) is 2.24. The lowest BCUT2D eigenvalue weighted by molar-refractivity contribution is 0.0895. The van der Waals surface area contributed by atoms with Crippen LogP contribution >= 0.6 is 15.9 Å². The maximum atomic E-state index is 12.0. The smallest absolute Gasteiger partial charge is 0.287 e. The van der Waals surface area contributed by atoms with Gasteiger partial charge < -0.3 is 9.73 Å². The van der Waals surface area contributed by atoms with Crippen molar-refractivity contribution < 1.29 is 17.6 Å². The van der Waals surface area contributed by atoms with Gasteiger partial charge in [0.15, 0.2) is 10.4 Å². The third-order valence-corrected chi connectivity index (χ3v) is 5.07. The number of amides is 1. The minimum Gasteiger partial charge on any atom is -0.443 e. The number of furan rings is 1. The molecule has 1 aromatic rings. The van der Waals surface area contributed by atoms with Gasteiger partial charge in [0.2, 0.25) is 10.0 Å². The lowest BCUT2D eigenvalue weighted by atomic mass is 9.95. The summed E-state index contributed by atoms with van der Waals surface area (Å²) in [5.41, 5.74) is 0. The van der Waals surface area contributed by atoms with Crippen LogP contribution in [0.2, 0.25) is 0 Å². The molecule has 114 valence electrons. The molecule has 1 aromatic heterocycles. The van der Waals surface area contributed by atoms with Gasteiger partial charge in [0.25, 0.3) is 5.91 Å². The summed E-state index contributed by atoms with van der Waals surface area (Å²) in [6, 6.07) is 1.09. The minimum absolute atomic E-state index is 0.0284. The monoisotopic (exact) mass is 366 g/mol. The molecule has 0 aliphatic rings. The van der Waals surface area contributed by atoms with E-state index in [0.717, 1.165) is 18.9 Å². The average molecular weight is 367 g/mol. The Hall–Kier alpha value is -0.860. The summed E-state index contributed by atoms with van der Waals surface area (Å²) in [5, 5.41) is 7.82. The van der Waals surface area contributed by atoms with E-state index in [1.165, 1.54) is 0 Å². The SMILES string of the molecule is CCC(CC)C(C)NC(=O)c1cc(S(N)(=O)=O)c(Br)o1. The summed E-state index contributed by atoms with van der Waals surface area (Å²) in [5.74, 6) is -0.186. The summed E-state index contributed by atoms with van der Waals surface area (Å²) in [6.07, 6.45) is 1.89. The van der Waals surface area contributed by atoms with Gasteiger partial charge in [-0.25, -0.2) is 13.6 Å². The van der Waals surface area contributed by atoms with Gasteiger partial charge in [-0.05, 0) is 28.8 Å². The molecule has 0 saturated heterocycles. The molecule has 1 heterocycles. The van der Waals surface area contributed by atoms with Crippen LogP contribution in [0, 0.1) is 5.92 Å². The third kappa shape index (κ3) is 4.07. The summed E-state index contributed by atoms with van der Waals surface area (Å²) >= 11 is 2.94. The number of sulfonamides is 1. The molecule has 0 spiro atoms. The second-order valence-electron chi connectivity index (χ2n) is 4.63. The molecule has 1 atom stereocenters. The van der Waals surface area contributed by atoms with E-state index in [1.807, 2.05) is 6.92 Å². The maximum absolute atomic E-state index is 12.0. The highest BCUT2D eigenvalue weighted by Gasteiger charge is 2.24. The molecule has 20 heavy (non-hydrogen) atoms. The molecule has 0 aliphatic heterocycles. The Bertz CT molecular complexity index is 578. The van der Waals surface area contributed by atoms with Gasteiger partial charge in [0.05, 0.1) is 0 Å². The maximum Gasteiger partial charge on any atom is 0.287 e. The molecule has 1 rings (SSSR count). The number of halogens is 1. The number of nitrogens with two attached hydrogens (primary N) is 1. The first-order chi connectivity index (χ1) is 9.20. The van der Waals surface area contributed by atoms with Crippen LogP contribution in [-0.2, 0) is 10.0 Å². The fourth-order valence-corrected chi connectivity index (χ4v) is 3.55. The highest BCUT2D eigenvalue weighted by atomic mass is 79.9. The first kappa shape index (κ1) is 17.2. The van der Waals surface area contributed by atoms with Gasteiger partial charge in [-0.2, -0.15) is 0 Å². The Morgan fingerprint density at radius 2 is 2.00 bits per heavy atom. The van der Waals surface area contributed by atoms with Gasteiger partial charge >= 0.3 is 0 Å². The van der Waals surface area contributed by atoms with Crippen molar-refractivity contribution in [1.29, 1.82) is 0 Å². The molecule has 1 amide bonds. The van der Waals surface area contributed by atoms with Gasteiger partial charge in [0.1, 0.15) is 4.90 Å². The van der Waals surface area contributed by atoms with Crippen LogP contribution in [-0.4, -0.2) is 20.4 Å². The molecule has 1 unspecified atom stereocenters. The molecule has 3 N–H and O–H groups in total. The molecule has 6 nitrogen and oxygen atoms in total. The summed E-state index contributed by atoms with van der Waals surface area (Å²) in [7, 11) is -3.92. The molecule has 0 aliphatic carbocycles. The number of carbonyl (C=O) groups excluding carboxylic acids is 1. The third-order valence-electron chi connectivity index (χ3n) is 3.30. The highest BCUT2D eigenvalue weighted by molar-refractivity contribution is 9.10. The molecule has 0 radical (unpaired) electrons. The van der Waals surface area contributed by atoms with Crippen LogP contribution in [0.1, 0.15) is 44.2 Å². The van der Waals surface area contributed by atoms with E-state index in [9.17, 15) is 13.2 Å². The zero-order valence-corrected chi connectivity index (χ0v) is 14.0. The Labute approximate surface area is 127 Å². The fourth-order valence-electron chi connectivity index (χ4n) is 2.05. The number of rotatable bonds is 6. The van der Waals surface area contributed by atoms with Crippen molar-refractivity contribution in [2.75, 3.05) is 0 Å². The van der Waals surface area contributed by atoms with E-state index < -0.39 is 15.9 Å². The van der Waals surface area contributed by atoms with Crippen LogP contribution in [0.5, 0.6) is 0 Å². The van der Waals surface area contributed by atoms with Gasteiger partial charge in [-0.3, -0.25) is 4.79 Å². The number of primary sulfonamides is 1. The van der Waals surface area contributed by atoms with E-state index in [0.29, 0.717) is 5.92 Å². The quantitative estimate of drug-likeness (QED) is 0.805. The lowest BCUT2D eigenvalue weighted by Gasteiger charge is -2.21. The fraction of sp³-hybridized carbons (Fsp3) is 0.583. The summed E-state index contributed by atoms with van der Waals surface area (Å²) < 4.78 is 27.6. The van der Waals surface area contributed by atoms with Gasteiger partial charge in [0, 0.05) is 12.1 Å². The molecule has 8 heteroatoms. The topological polar surface area (TPSA) is 102 Å². The summed E-state index contributed by atoms with van der Waals surface area (Å²) in [6.45, 7) is 6.02. The van der Waals surface area contributed by atoms with Crippen molar-refractivity contribution >= 4 is 31.9 Å². The number of nitrogens with one attached hydrogen (secondary N) is 1. The minimum atomic E-state index is -3.92. The van der Waals surface area contributed by atoms with Crippen LogP contribution < -0.4 is 10.5 Å². The zero-order chi connectivity index (χ0) is 15.5. The molecular weight excluding hydrogens is 348 g/mol. The molecular formula is C12H19BrN2O4S. The van der Waals surface area contributed by atoms with Crippen molar-refractivity contribution in [3.8, 4) is 0 Å². The highest BCUT2D eigenvalue weighted by Crippen LogP contribution is 2.25. The number of hydrogen-bond acceptors (Lipinski definition) is 4. The van der Waals surface area contributed by atoms with Crippen LogP contribution in [0.4, 0.5) is 0 Å². The predicted molar refractivity (Wildman–Crippen MR) is 78.8 cm³/mol. The van der Waals surface area contributed by atoms with Crippen LogP contribution in [0.25, 0.3) is 0 Å². The van der Waals surface area contributed by atoms with Crippen molar-refractivity contribution in [2.24, 2.45) is 11.1 Å². The number of hydrogen-bond donors (Lipinski definition) is 2. The first-order valence-electron chi connectivity index (χ1n) is 6.33. The van der Waals surface area contributed by atoms with Crippen molar-refractivity contribution in [3.63, 3.8) is 0 Å². The number of carbonyl (C=O) groups is 1. The van der Waals surface area contributed by atoms with E-state index in [4.69, 9.17) is 9.56 Å². The van der Waals surface area contributed by atoms with E-state index in [2.05, 4.69) is 35.1 Å².